The minimum Gasteiger partial charge on any atom is -0.449 e. The first-order valence-electron chi connectivity index (χ1n) is 8.10. The van der Waals surface area contributed by atoms with Gasteiger partial charge in [-0.2, -0.15) is 0 Å². The lowest BCUT2D eigenvalue weighted by molar-refractivity contribution is -0.123. The van der Waals surface area contributed by atoms with Gasteiger partial charge in [0.1, 0.15) is 0 Å². The van der Waals surface area contributed by atoms with Crippen molar-refractivity contribution in [2.75, 3.05) is 11.9 Å². The molecule has 27 heavy (non-hydrogen) atoms. The number of anilines is 1. The monoisotopic (exact) mass is 454 g/mol. The van der Waals surface area contributed by atoms with Crippen LogP contribution in [0.25, 0.3) is 0 Å². The molecule has 0 aliphatic carbocycles. The van der Waals surface area contributed by atoms with E-state index < -0.39 is 28.0 Å². The average Bonchev–Trinajstić information content (AvgIpc) is 2.63. The van der Waals surface area contributed by atoms with Crippen molar-refractivity contribution in [3.63, 3.8) is 0 Å². The van der Waals surface area contributed by atoms with Crippen LogP contribution >= 0.6 is 15.9 Å². The van der Waals surface area contributed by atoms with Crippen molar-refractivity contribution in [3.8, 4) is 0 Å². The Morgan fingerprint density at radius 2 is 1.81 bits per heavy atom. The molecule has 0 saturated heterocycles. The minimum atomic E-state index is -3.70. The van der Waals surface area contributed by atoms with Crippen molar-refractivity contribution in [1.82, 2.24) is 4.72 Å². The van der Waals surface area contributed by atoms with Gasteiger partial charge in [0.2, 0.25) is 10.0 Å². The summed E-state index contributed by atoms with van der Waals surface area (Å²) in [6.45, 7) is 3.32. The second-order valence-electron chi connectivity index (χ2n) is 5.57. The van der Waals surface area contributed by atoms with Crippen molar-refractivity contribution < 1.29 is 22.7 Å². The number of nitrogens with one attached hydrogen (secondary N) is 2. The maximum absolute atomic E-state index is 12.3. The maximum atomic E-state index is 12.3. The number of amides is 1. The minimum absolute atomic E-state index is 0.0391. The number of hydrogen-bond acceptors (Lipinski definition) is 5. The van der Waals surface area contributed by atoms with Gasteiger partial charge in [0, 0.05) is 16.7 Å². The Morgan fingerprint density at radius 1 is 1.15 bits per heavy atom. The molecule has 0 bridgehead atoms. The Kier molecular flexibility index (Phi) is 7.11. The molecular formula is C18H19BrN2O5S. The molecule has 0 radical (unpaired) electrons. The molecule has 0 spiro atoms. The van der Waals surface area contributed by atoms with Crippen LogP contribution in [0, 0.1) is 0 Å². The van der Waals surface area contributed by atoms with Gasteiger partial charge in [0.25, 0.3) is 5.91 Å². The standard InChI is InChI=1S/C18H19BrN2O5S/c1-3-20-27(24,25)16-6-4-5-13(11-16)18(23)26-12(2)17(22)21-15-9-7-14(19)8-10-15/h4-12,20H,3H2,1-2H3,(H,21,22). The zero-order valence-corrected chi connectivity index (χ0v) is 17.1. The first kappa shape index (κ1) is 21.1. The van der Waals surface area contributed by atoms with E-state index in [1.165, 1.54) is 31.2 Å². The zero-order chi connectivity index (χ0) is 20.0. The average molecular weight is 455 g/mol. The summed E-state index contributed by atoms with van der Waals surface area (Å²) < 4.78 is 32.4. The van der Waals surface area contributed by atoms with E-state index in [0.29, 0.717) is 5.69 Å². The smallest absolute Gasteiger partial charge is 0.338 e. The fourth-order valence-electron chi connectivity index (χ4n) is 2.12. The highest BCUT2D eigenvalue weighted by atomic mass is 79.9. The summed E-state index contributed by atoms with van der Waals surface area (Å²) >= 11 is 3.30. The van der Waals surface area contributed by atoms with E-state index in [2.05, 4.69) is 26.0 Å². The summed E-state index contributed by atoms with van der Waals surface area (Å²) in [5, 5.41) is 2.64. The summed E-state index contributed by atoms with van der Waals surface area (Å²) in [4.78, 5) is 24.4. The molecule has 0 aliphatic heterocycles. The van der Waals surface area contributed by atoms with E-state index >= 15 is 0 Å². The third-order valence-corrected chi connectivity index (χ3v) is 5.55. The summed E-state index contributed by atoms with van der Waals surface area (Å²) in [7, 11) is -3.70. The van der Waals surface area contributed by atoms with E-state index in [9.17, 15) is 18.0 Å². The van der Waals surface area contributed by atoms with Crippen LogP contribution in [0.1, 0.15) is 24.2 Å². The number of sulfonamides is 1. The largest absolute Gasteiger partial charge is 0.449 e. The van der Waals surface area contributed by atoms with Crippen LogP contribution < -0.4 is 10.0 Å². The number of carbonyl (C=O) groups excluding carboxylic acids is 2. The van der Waals surface area contributed by atoms with Crippen molar-refractivity contribution in [1.29, 1.82) is 0 Å². The van der Waals surface area contributed by atoms with Crippen molar-refractivity contribution >= 4 is 43.5 Å². The number of rotatable bonds is 7. The quantitative estimate of drug-likeness (QED) is 0.626. The summed E-state index contributed by atoms with van der Waals surface area (Å²) in [5.41, 5.74) is 0.599. The second-order valence-corrected chi connectivity index (χ2v) is 8.26. The van der Waals surface area contributed by atoms with Crippen molar-refractivity contribution in [2.45, 2.75) is 24.8 Å². The van der Waals surface area contributed by atoms with Crippen LogP contribution in [0.4, 0.5) is 5.69 Å². The lowest BCUT2D eigenvalue weighted by Gasteiger charge is -2.14. The molecule has 0 aromatic heterocycles. The fourth-order valence-corrected chi connectivity index (χ4v) is 3.47. The van der Waals surface area contributed by atoms with Crippen LogP contribution in [-0.2, 0) is 19.6 Å². The second kappa shape index (κ2) is 9.12. The van der Waals surface area contributed by atoms with Gasteiger partial charge in [-0.05, 0) is 49.4 Å². The number of ether oxygens (including phenoxy) is 1. The van der Waals surface area contributed by atoms with E-state index in [1.54, 1.807) is 31.2 Å². The van der Waals surface area contributed by atoms with E-state index in [1.807, 2.05) is 0 Å². The van der Waals surface area contributed by atoms with E-state index in [-0.39, 0.29) is 17.0 Å². The molecule has 144 valence electrons. The topological polar surface area (TPSA) is 102 Å². The molecule has 1 unspecified atom stereocenters. The molecule has 0 saturated carbocycles. The lowest BCUT2D eigenvalue weighted by Crippen LogP contribution is -2.30. The number of carbonyl (C=O) groups is 2. The molecule has 1 atom stereocenters. The molecule has 2 N–H and O–H groups in total. The van der Waals surface area contributed by atoms with Gasteiger partial charge >= 0.3 is 5.97 Å². The molecule has 7 nitrogen and oxygen atoms in total. The summed E-state index contributed by atoms with van der Waals surface area (Å²) in [6, 6.07) is 12.4. The fraction of sp³-hybridized carbons (Fsp3) is 0.222. The Balaban J connectivity index is 2.05. The van der Waals surface area contributed by atoms with Crippen molar-refractivity contribution in [3.05, 3.63) is 58.6 Å². The van der Waals surface area contributed by atoms with Gasteiger partial charge in [-0.1, -0.05) is 28.9 Å². The van der Waals surface area contributed by atoms with E-state index in [0.717, 1.165) is 4.47 Å². The maximum Gasteiger partial charge on any atom is 0.338 e. The normalized spacial score (nSPS) is 12.3. The SMILES string of the molecule is CCNS(=O)(=O)c1cccc(C(=O)OC(C)C(=O)Nc2ccc(Br)cc2)c1. The van der Waals surface area contributed by atoms with E-state index in [4.69, 9.17) is 4.74 Å². The highest BCUT2D eigenvalue weighted by Gasteiger charge is 2.21. The first-order chi connectivity index (χ1) is 12.7. The van der Waals surface area contributed by atoms with Gasteiger partial charge in [-0.15, -0.1) is 0 Å². The summed E-state index contributed by atoms with van der Waals surface area (Å²) in [6.07, 6.45) is -1.06. The van der Waals surface area contributed by atoms with Gasteiger partial charge < -0.3 is 10.1 Å². The van der Waals surface area contributed by atoms with Crippen LogP contribution in [-0.4, -0.2) is 32.9 Å². The molecule has 0 heterocycles. The number of halogens is 1. The predicted octanol–water partition coefficient (Wildman–Crippen LogP) is 2.93. The van der Waals surface area contributed by atoms with Crippen LogP contribution in [0.5, 0.6) is 0 Å². The van der Waals surface area contributed by atoms with Crippen LogP contribution in [0.2, 0.25) is 0 Å². The predicted molar refractivity (Wildman–Crippen MR) is 105 cm³/mol. The van der Waals surface area contributed by atoms with Gasteiger partial charge in [0.15, 0.2) is 6.10 Å². The molecule has 0 fully saturated rings. The molecule has 0 aliphatic rings. The highest BCUT2D eigenvalue weighted by Crippen LogP contribution is 2.16. The Morgan fingerprint density at radius 3 is 2.44 bits per heavy atom. The Hall–Kier alpha value is -2.23. The Bertz CT molecular complexity index is 929. The third-order valence-electron chi connectivity index (χ3n) is 3.48. The van der Waals surface area contributed by atoms with Gasteiger partial charge in [0.05, 0.1) is 10.5 Å². The van der Waals surface area contributed by atoms with Crippen LogP contribution in [0.3, 0.4) is 0 Å². The molecule has 9 heteroatoms. The lowest BCUT2D eigenvalue weighted by atomic mass is 10.2. The molecule has 2 rings (SSSR count). The number of esters is 1. The molecule has 2 aromatic rings. The zero-order valence-electron chi connectivity index (χ0n) is 14.7. The first-order valence-corrected chi connectivity index (χ1v) is 10.4. The third kappa shape index (κ3) is 5.88. The summed E-state index contributed by atoms with van der Waals surface area (Å²) in [5.74, 6) is -1.29. The number of benzene rings is 2. The molecule has 1 amide bonds. The van der Waals surface area contributed by atoms with Gasteiger partial charge in [-0.25, -0.2) is 17.9 Å². The molecule has 2 aromatic carbocycles. The van der Waals surface area contributed by atoms with Crippen molar-refractivity contribution in [2.24, 2.45) is 0 Å². The highest BCUT2D eigenvalue weighted by molar-refractivity contribution is 9.10. The van der Waals surface area contributed by atoms with Gasteiger partial charge in [-0.3, -0.25) is 4.79 Å². The Labute approximate surface area is 166 Å². The van der Waals surface area contributed by atoms with Crippen LogP contribution in [0.15, 0.2) is 57.9 Å². The molecular weight excluding hydrogens is 436 g/mol. The number of hydrogen-bond donors (Lipinski definition) is 2.